The molecule has 22 heavy (non-hydrogen) atoms. The third kappa shape index (κ3) is 3.30. The second-order valence-electron chi connectivity index (χ2n) is 6.37. The fourth-order valence-electron chi connectivity index (χ4n) is 2.91. The van der Waals surface area contributed by atoms with E-state index in [0.29, 0.717) is 12.5 Å². The number of hydrogen-bond acceptors (Lipinski definition) is 3. The molecule has 0 atom stereocenters. The summed E-state index contributed by atoms with van der Waals surface area (Å²) in [4.78, 5) is 16.6. The molecule has 2 heterocycles. The Hall–Kier alpha value is -1.88. The Morgan fingerprint density at radius 2 is 2.27 bits per heavy atom. The average Bonchev–Trinajstić information content (AvgIpc) is 2.79. The van der Waals surface area contributed by atoms with Crippen LogP contribution in [-0.2, 0) is 16.0 Å². The van der Waals surface area contributed by atoms with Gasteiger partial charge in [0.25, 0.3) is 0 Å². The van der Waals surface area contributed by atoms with Crippen LogP contribution in [0, 0.1) is 6.92 Å². The minimum absolute atomic E-state index is 0.0362. The number of aromatic nitrogens is 2. The molecule has 3 rings (SSSR count). The van der Waals surface area contributed by atoms with Gasteiger partial charge in [0.05, 0.1) is 24.3 Å². The monoisotopic (exact) mass is 301 g/mol. The zero-order chi connectivity index (χ0) is 15.7. The van der Waals surface area contributed by atoms with Crippen molar-refractivity contribution < 1.29 is 9.53 Å². The maximum atomic E-state index is 12.1. The summed E-state index contributed by atoms with van der Waals surface area (Å²) in [5.74, 6) is 0.0362. The van der Waals surface area contributed by atoms with Crippen molar-refractivity contribution in [1.29, 1.82) is 0 Å². The van der Waals surface area contributed by atoms with Crippen molar-refractivity contribution in [2.24, 2.45) is 0 Å². The lowest BCUT2D eigenvalue weighted by molar-refractivity contribution is -0.123. The highest BCUT2D eigenvalue weighted by Gasteiger charge is 2.31. The molecule has 0 aliphatic heterocycles. The topological polar surface area (TPSA) is 55.6 Å². The van der Waals surface area contributed by atoms with Crippen LogP contribution in [0.15, 0.2) is 24.5 Å². The minimum atomic E-state index is 0.0362. The van der Waals surface area contributed by atoms with Crippen LogP contribution >= 0.6 is 0 Å². The summed E-state index contributed by atoms with van der Waals surface area (Å²) in [6.07, 6.45) is 6.57. The van der Waals surface area contributed by atoms with Gasteiger partial charge in [-0.05, 0) is 45.2 Å². The van der Waals surface area contributed by atoms with Crippen molar-refractivity contribution in [3.05, 3.63) is 35.8 Å². The van der Waals surface area contributed by atoms with Crippen molar-refractivity contribution in [3.63, 3.8) is 0 Å². The molecule has 1 amide bonds. The Balaban J connectivity index is 1.52. The first kappa shape index (κ1) is 15.0. The van der Waals surface area contributed by atoms with E-state index in [9.17, 15) is 4.79 Å². The largest absolute Gasteiger partial charge is 0.375 e. The fourth-order valence-corrected chi connectivity index (χ4v) is 2.91. The Morgan fingerprint density at radius 1 is 1.50 bits per heavy atom. The summed E-state index contributed by atoms with van der Waals surface area (Å²) in [5, 5.41) is 3.06. The number of carbonyl (C=O) groups excluding carboxylic acids is 1. The van der Waals surface area contributed by atoms with E-state index in [0.717, 1.165) is 29.7 Å². The number of fused-ring (bicyclic) bond motifs is 1. The first-order chi connectivity index (χ1) is 10.5. The van der Waals surface area contributed by atoms with Crippen LogP contribution in [0.1, 0.15) is 37.9 Å². The van der Waals surface area contributed by atoms with Crippen LogP contribution in [0.3, 0.4) is 0 Å². The third-order valence-corrected chi connectivity index (χ3v) is 3.99. The molecule has 0 unspecified atom stereocenters. The first-order valence-corrected chi connectivity index (χ1v) is 7.89. The van der Waals surface area contributed by atoms with E-state index in [1.54, 1.807) is 0 Å². The lowest BCUT2D eigenvalue weighted by atomic mass is 9.89. The van der Waals surface area contributed by atoms with Gasteiger partial charge in [-0.25, -0.2) is 4.98 Å². The standard InChI is InChI=1S/C17H23N3O2/c1-11(2)22-15-7-13(8-15)18-16(21)9-14-10-20-6-4-5-12(3)17(20)19-14/h4-6,10-11,13,15H,7-9H2,1-3H3,(H,18,21). The van der Waals surface area contributed by atoms with Crippen LogP contribution < -0.4 is 5.32 Å². The van der Waals surface area contributed by atoms with Crippen LogP contribution in [0.5, 0.6) is 0 Å². The van der Waals surface area contributed by atoms with Gasteiger partial charge in [0.2, 0.25) is 5.91 Å². The number of imidazole rings is 1. The lowest BCUT2D eigenvalue weighted by Crippen LogP contribution is -2.48. The Morgan fingerprint density at radius 3 is 2.95 bits per heavy atom. The molecule has 0 aromatic carbocycles. The van der Waals surface area contributed by atoms with Crippen LogP contribution in [0.4, 0.5) is 0 Å². The predicted molar refractivity (Wildman–Crippen MR) is 84.8 cm³/mol. The van der Waals surface area contributed by atoms with E-state index in [4.69, 9.17) is 4.74 Å². The SMILES string of the molecule is Cc1cccn2cc(CC(=O)NC3CC(OC(C)C)C3)nc12. The van der Waals surface area contributed by atoms with Gasteiger partial charge in [-0.2, -0.15) is 0 Å². The molecule has 0 radical (unpaired) electrons. The maximum Gasteiger partial charge on any atom is 0.226 e. The van der Waals surface area contributed by atoms with E-state index < -0.39 is 0 Å². The normalized spacial score (nSPS) is 21.1. The molecule has 118 valence electrons. The van der Waals surface area contributed by atoms with E-state index in [2.05, 4.69) is 10.3 Å². The van der Waals surface area contributed by atoms with Crippen LogP contribution in [-0.4, -0.2) is 33.5 Å². The van der Waals surface area contributed by atoms with Gasteiger partial charge in [-0.1, -0.05) is 6.07 Å². The van der Waals surface area contributed by atoms with E-state index in [1.807, 2.05) is 49.7 Å². The van der Waals surface area contributed by atoms with Crippen molar-refractivity contribution in [2.45, 2.75) is 58.3 Å². The summed E-state index contributed by atoms with van der Waals surface area (Å²) < 4.78 is 7.67. The maximum absolute atomic E-state index is 12.1. The minimum Gasteiger partial charge on any atom is -0.375 e. The Labute approximate surface area is 130 Å². The predicted octanol–water partition coefficient (Wildman–Crippen LogP) is 2.26. The number of nitrogens with one attached hydrogen (secondary N) is 1. The van der Waals surface area contributed by atoms with Gasteiger partial charge in [-0.15, -0.1) is 0 Å². The lowest BCUT2D eigenvalue weighted by Gasteiger charge is -2.36. The summed E-state index contributed by atoms with van der Waals surface area (Å²) >= 11 is 0. The van der Waals surface area contributed by atoms with E-state index in [1.165, 1.54) is 0 Å². The molecule has 0 saturated heterocycles. The molecule has 2 aromatic rings. The molecule has 0 bridgehead atoms. The number of amides is 1. The molecule has 1 aliphatic rings. The zero-order valence-electron chi connectivity index (χ0n) is 13.4. The highest BCUT2D eigenvalue weighted by molar-refractivity contribution is 5.78. The summed E-state index contributed by atoms with van der Waals surface area (Å²) in [6, 6.07) is 4.25. The molecular weight excluding hydrogens is 278 g/mol. The zero-order valence-corrected chi connectivity index (χ0v) is 13.4. The number of pyridine rings is 1. The van der Waals surface area contributed by atoms with Gasteiger partial charge in [0.15, 0.2) is 0 Å². The number of carbonyl (C=O) groups is 1. The first-order valence-electron chi connectivity index (χ1n) is 7.89. The van der Waals surface area contributed by atoms with Crippen LogP contribution in [0.25, 0.3) is 5.65 Å². The molecular formula is C17H23N3O2. The highest BCUT2D eigenvalue weighted by Crippen LogP contribution is 2.24. The summed E-state index contributed by atoms with van der Waals surface area (Å²) in [6.45, 7) is 6.10. The molecule has 1 N–H and O–H groups in total. The summed E-state index contributed by atoms with van der Waals surface area (Å²) in [7, 11) is 0. The van der Waals surface area contributed by atoms with Gasteiger partial charge < -0.3 is 14.5 Å². The van der Waals surface area contributed by atoms with E-state index in [-0.39, 0.29) is 18.1 Å². The van der Waals surface area contributed by atoms with Crippen LogP contribution in [0.2, 0.25) is 0 Å². The Bertz CT molecular complexity index is 672. The van der Waals surface area contributed by atoms with Gasteiger partial charge in [0, 0.05) is 18.4 Å². The molecule has 2 aromatic heterocycles. The molecule has 5 nitrogen and oxygen atoms in total. The third-order valence-electron chi connectivity index (χ3n) is 3.99. The smallest absolute Gasteiger partial charge is 0.226 e. The number of rotatable bonds is 5. The van der Waals surface area contributed by atoms with Crippen molar-refractivity contribution in [1.82, 2.24) is 14.7 Å². The molecule has 1 fully saturated rings. The number of nitrogens with zero attached hydrogens (tertiary/aromatic N) is 2. The van der Waals surface area contributed by atoms with Gasteiger partial charge in [-0.3, -0.25) is 4.79 Å². The molecule has 5 heteroatoms. The molecule has 0 spiro atoms. The van der Waals surface area contributed by atoms with Crippen molar-refractivity contribution in [2.75, 3.05) is 0 Å². The highest BCUT2D eigenvalue weighted by atomic mass is 16.5. The summed E-state index contributed by atoms with van der Waals surface area (Å²) in [5.41, 5.74) is 2.84. The fraction of sp³-hybridized carbons (Fsp3) is 0.529. The number of aryl methyl sites for hydroxylation is 1. The molecule has 1 aliphatic carbocycles. The van der Waals surface area contributed by atoms with E-state index >= 15 is 0 Å². The van der Waals surface area contributed by atoms with Crippen molar-refractivity contribution >= 4 is 11.6 Å². The van der Waals surface area contributed by atoms with Gasteiger partial charge >= 0.3 is 0 Å². The number of hydrogen-bond donors (Lipinski definition) is 1. The second-order valence-corrected chi connectivity index (χ2v) is 6.37. The Kier molecular flexibility index (Phi) is 4.16. The quantitative estimate of drug-likeness (QED) is 0.921. The molecule has 1 saturated carbocycles. The second kappa shape index (κ2) is 6.08. The number of ether oxygens (including phenoxy) is 1. The average molecular weight is 301 g/mol. The van der Waals surface area contributed by atoms with Crippen molar-refractivity contribution in [3.8, 4) is 0 Å². The van der Waals surface area contributed by atoms with Gasteiger partial charge in [0.1, 0.15) is 5.65 Å².